The van der Waals surface area contributed by atoms with Crippen LogP contribution in [0.5, 0.6) is 0 Å². The fourth-order valence-electron chi connectivity index (χ4n) is 2.42. The Morgan fingerprint density at radius 3 is 2.43 bits per heavy atom. The normalized spacial score (nSPS) is 17.8. The number of para-hydroxylation sites is 1. The minimum absolute atomic E-state index is 0.0883. The van der Waals surface area contributed by atoms with Crippen molar-refractivity contribution in [3.63, 3.8) is 0 Å². The van der Waals surface area contributed by atoms with Crippen LogP contribution < -0.4 is 4.90 Å². The van der Waals surface area contributed by atoms with Gasteiger partial charge < -0.3 is 4.90 Å². The molecule has 1 atom stereocenters. The molecule has 1 aliphatic heterocycles. The zero-order valence-electron chi connectivity index (χ0n) is 11.7. The van der Waals surface area contributed by atoms with Crippen LogP contribution in [0.4, 0.5) is 5.69 Å². The van der Waals surface area contributed by atoms with Crippen molar-refractivity contribution in [1.29, 1.82) is 0 Å². The Labute approximate surface area is 128 Å². The molecule has 0 aromatic heterocycles. The molecule has 2 aromatic rings. The van der Waals surface area contributed by atoms with Gasteiger partial charge in [0.25, 0.3) is 0 Å². The largest absolute Gasteiger partial charge is 0.313 e. The van der Waals surface area contributed by atoms with Crippen LogP contribution in [-0.4, -0.2) is 24.0 Å². The van der Waals surface area contributed by atoms with E-state index in [1.54, 1.807) is 18.0 Å². The Morgan fingerprint density at radius 2 is 1.67 bits per heavy atom. The fourth-order valence-corrected chi connectivity index (χ4v) is 3.55. The van der Waals surface area contributed by atoms with Crippen LogP contribution in [0.2, 0.25) is 0 Å². The average molecular weight is 297 g/mol. The van der Waals surface area contributed by atoms with Crippen LogP contribution in [0.1, 0.15) is 15.9 Å². The highest BCUT2D eigenvalue weighted by Gasteiger charge is 2.37. The Hall–Kier alpha value is -2.07. The molecular formula is C17H15NO2S. The van der Waals surface area contributed by atoms with Crippen LogP contribution >= 0.6 is 11.8 Å². The molecule has 0 spiro atoms. The van der Waals surface area contributed by atoms with Gasteiger partial charge in [-0.1, -0.05) is 42.5 Å². The quantitative estimate of drug-likeness (QED) is 0.817. The number of benzene rings is 2. The Balaban J connectivity index is 1.83. The lowest BCUT2D eigenvalue weighted by Gasteiger charge is -2.30. The first-order chi connectivity index (χ1) is 10.2. The van der Waals surface area contributed by atoms with E-state index in [2.05, 4.69) is 0 Å². The molecule has 0 bridgehead atoms. The van der Waals surface area contributed by atoms with E-state index in [1.807, 2.05) is 48.5 Å². The summed E-state index contributed by atoms with van der Waals surface area (Å²) in [5.41, 5.74) is 2.44. The van der Waals surface area contributed by atoms with E-state index in [0.29, 0.717) is 17.0 Å². The number of fused-ring (bicyclic) bond motifs is 1. The molecule has 0 aliphatic carbocycles. The predicted molar refractivity (Wildman–Crippen MR) is 85.7 cm³/mol. The zero-order chi connectivity index (χ0) is 14.8. The molecule has 0 N–H and O–H groups in total. The van der Waals surface area contributed by atoms with Crippen molar-refractivity contribution in [2.75, 3.05) is 11.9 Å². The van der Waals surface area contributed by atoms with Gasteiger partial charge in [-0.25, -0.2) is 0 Å². The number of anilines is 1. The Morgan fingerprint density at radius 1 is 1.00 bits per heavy atom. The molecule has 4 heteroatoms. The van der Waals surface area contributed by atoms with Crippen molar-refractivity contribution >= 4 is 29.1 Å². The number of thioether (sulfide) groups is 1. The Kier molecular flexibility index (Phi) is 3.80. The fraction of sp³-hybridized carbons (Fsp3) is 0.176. The second kappa shape index (κ2) is 5.74. The highest BCUT2D eigenvalue weighted by molar-refractivity contribution is 8.00. The minimum Gasteiger partial charge on any atom is -0.313 e. The maximum absolute atomic E-state index is 12.5. The molecule has 3 rings (SSSR count). The van der Waals surface area contributed by atoms with Gasteiger partial charge >= 0.3 is 0 Å². The summed E-state index contributed by atoms with van der Waals surface area (Å²) in [4.78, 5) is 26.5. The summed E-state index contributed by atoms with van der Waals surface area (Å²) in [5.74, 6) is 0.424. The third-order valence-electron chi connectivity index (χ3n) is 3.58. The summed E-state index contributed by atoms with van der Waals surface area (Å²) in [6.07, 6.45) is 0. The van der Waals surface area contributed by atoms with E-state index < -0.39 is 5.25 Å². The van der Waals surface area contributed by atoms with Crippen molar-refractivity contribution < 1.29 is 9.59 Å². The lowest BCUT2D eigenvalue weighted by atomic mass is 10.00. The molecule has 0 saturated heterocycles. The van der Waals surface area contributed by atoms with Gasteiger partial charge in [0.15, 0.2) is 5.78 Å². The van der Waals surface area contributed by atoms with Crippen LogP contribution in [0, 0.1) is 0 Å². The number of hydrogen-bond acceptors (Lipinski definition) is 3. The molecule has 1 unspecified atom stereocenters. The third-order valence-corrected chi connectivity index (χ3v) is 4.83. The number of carbonyl (C=O) groups excluding carboxylic acids is 2. The van der Waals surface area contributed by atoms with E-state index in [4.69, 9.17) is 0 Å². The molecule has 0 radical (unpaired) electrons. The Bertz CT molecular complexity index is 684. The van der Waals surface area contributed by atoms with E-state index in [-0.39, 0.29) is 11.7 Å². The minimum atomic E-state index is -0.648. The smallest absolute Gasteiger partial charge is 0.247 e. The summed E-state index contributed by atoms with van der Waals surface area (Å²) in [6, 6.07) is 17.1. The van der Waals surface area contributed by atoms with Crippen LogP contribution in [-0.2, 0) is 10.5 Å². The summed E-state index contributed by atoms with van der Waals surface area (Å²) < 4.78 is 0. The van der Waals surface area contributed by atoms with Crippen LogP contribution in [0.3, 0.4) is 0 Å². The lowest BCUT2D eigenvalue weighted by molar-refractivity contribution is -0.117. The van der Waals surface area contributed by atoms with Gasteiger partial charge in [0.1, 0.15) is 5.25 Å². The van der Waals surface area contributed by atoms with Gasteiger partial charge in [0.05, 0.1) is 5.69 Å². The summed E-state index contributed by atoms with van der Waals surface area (Å²) in [7, 11) is 1.73. The van der Waals surface area contributed by atoms with Crippen LogP contribution in [0.25, 0.3) is 0 Å². The molecule has 0 saturated carbocycles. The third kappa shape index (κ3) is 2.59. The first-order valence-electron chi connectivity index (χ1n) is 6.75. The van der Waals surface area contributed by atoms with Crippen LogP contribution in [0.15, 0.2) is 54.6 Å². The van der Waals surface area contributed by atoms with Crippen molar-refractivity contribution in [1.82, 2.24) is 0 Å². The topological polar surface area (TPSA) is 37.4 Å². The summed E-state index contributed by atoms with van der Waals surface area (Å²) in [5, 5.41) is -0.648. The predicted octanol–water partition coefficient (Wildman–Crippen LogP) is 3.15. The number of nitrogens with zero attached hydrogens (tertiary/aromatic N) is 1. The average Bonchev–Trinajstić information content (AvgIpc) is 2.54. The summed E-state index contributed by atoms with van der Waals surface area (Å²) >= 11 is 1.39. The first kappa shape index (κ1) is 13.9. The number of ketones is 1. The van der Waals surface area contributed by atoms with Crippen molar-refractivity contribution in [2.45, 2.75) is 11.0 Å². The molecule has 3 nitrogen and oxygen atoms in total. The van der Waals surface area contributed by atoms with Crippen molar-refractivity contribution in [2.24, 2.45) is 0 Å². The van der Waals surface area contributed by atoms with Crippen molar-refractivity contribution in [3.05, 3.63) is 65.7 Å². The van der Waals surface area contributed by atoms with Gasteiger partial charge in [-0.3, -0.25) is 9.59 Å². The molecular weight excluding hydrogens is 282 g/mol. The van der Waals surface area contributed by atoms with Gasteiger partial charge in [0.2, 0.25) is 5.91 Å². The number of Topliss-reactive ketones (excluding diaryl/α,β-unsaturated/α-hetero) is 1. The SMILES string of the molecule is CN1C(=O)C(SCc2ccccc2)C(=O)c2ccccc21. The second-order valence-electron chi connectivity index (χ2n) is 4.96. The summed E-state index contributed by atoms with van der Waals surface area (Å²) in [6.45, 7) is 0. The molecule has 1 amide bonds. The maximum Gasteiger partial charge on any atom is 0.247 e. The molecule has 1 aliphatic rings. The zero-order valence-corrected chi connectivity index (χ0v) is 12.5. The molecule has 21 heavy (non-hydrogen) atoms. The van der Waals surface area contributed by atoms with Gasteiger partial charge in [0, 0.05) is 18.4 Å². The molecule has 1 heterocycles. The maximum atomic E-state index is 12.5. The standard InChI is InChI=1S/C17H15NO2S/c1-18-14-10-6-5-9-13(14)15(19)16(17(18)20)21-11-12-7-3-2-4-8-12/h2-10,16H,11H2,1H3. The van der Waals surface area contributed by atoms with Crippen molar-refractivity contribution in [3.8, 4) is 0 Å². The lowest BCUT2D eigenvalue weighted by Crippen LogP contribution is -2.44. The number of carbonyl (C=O) groups is 2. The molecule has 2 aromatic carbocycles. The molecule has 0 fully saturated rings. The highest BCUT2D eigenvalue weighted by atomic mass is 32.2. The van der Waals surface area contributed by atoms with Gasteiger partial charge in [-0.05, 0) is 17.7 Å². The number of hydrogen-bond donors (Lipinski definition) is 0. The first-order valence-corrected chi connectivity index (χ1v) is 7.79. The van der Waals surface area contributed by atoms with E-state index in [9.17, 15) is 9.59 Å². The van der Waals surface area contributed by atoms with E-state index in [1.165, 1.54) is 11.8 Å². The number of rotatable bonds is 3. The number of amides is 1. The van der Waals surface area contributed by atoms with Gasteiger partial charge in [-0.15, -0.1) is 11.8 Å². The monoisotopic (exact) mass is 297 g/mol. The highest BCUT2D eigenvalue weighted by Crippen LogP contribution is 2.32. The van der Waals surface area contributed by atoms with Gasteiger partial charge in [-0.2, -0.15) is 0 Å². The molecule has 106 valence electrons. The van der Waals surface area contributed by atoms with E-state index in [0.717, 1.165) is 5.56 Å². The van der Waals surface area contributed by atoms with E-state index >= 15 is 0 Å². The second-order valence-corrected chi connectivity index (χ2v) is 6.05.